The van der Waals surface area contributed by atoms with E-state index in [0.717, 1.165) is 30.3 Å². The fourth-order valence-corrected chi connectivity index (χ4v) is 2.66. The molecule has 2 aromatic carbocycles. The molecule has 1 aromatic heterocycles. The third-order valence-electron chi connectivity index (χ3n) is 3.97. The molecule has 1 amide bonds. The summed E-state index contributed by atoms with van der Waals surface area (Å²) in [4.78, 5) is 16.7. The Kier molecular flexibility index (Phi) is 5.12. The van der Waals surface area contributed by atoms with Crippen LogP contribution in [0.2, 0.25) is 0 Å². The number of amides is 1. The highest BCUT2D eigenvalue weighted by Gasteiger charge is 2.23. The Hall–Kier alpha value is -3.35. The molecule has 0 saturated carbocycles. The topological polar surface area (TPSA) is 62.2 Å². The second-order valence-corrected chi connectivity index (χ2v) is 5.95. The monoisotopic (exact) mass is 372 g/mol. The van der Waals surface area contributed by atoms with Crippen molar-refractivity contribution >= 4 is 5.91 Å². The molecule has 4 nitrogen and oxygen atoms in total. The number of benzene rings is 2. The van der Waals surface area contributed by atoms with Gasteiger partial charge in [-0.3, -0.25) is 4.79 Å². The lowest BCUT2D eigenvalue weighted by atomic mass is 9.97. The first-order valence-corrected chi connectivity index (χ1v) is 8.03. The molecular weight excluding hydrogens is 357 g/mol. The number of aromatic hydroxyl groups is 1. The largest absolute Gasteiger partial charge is 0.508 e. The lowest BCUT2D eigenvalue weighted by Gasteiger charge is -2.21. The number of nitrogens with one attached hydrogen (secondary N) is 1. The van der Waals surface area contributed by atoms with Crippen molar-refractivity contribution in [2.75, 3.05) is 0 Å². The number of phenolic OH excluding ortho intramolecular Hbond substituents is 1. The molecule has 0 aliphatic carbocycles. The molecule has 0 aliphatic rings. The third-order valence-corrected chi connectivity index (χ3v) is 3.97. The van der Waals surface area contributed by atoms with E-state index < -0.39 is 29.4 Å². The Morgan fingerprint density at radius 1 is 1.04 bits per heavy atom. The van der Waals surface area contributed by atoms with Gasteiger partial charge in [-0.05, 0) is 55.0 Å². The van der Waals surface area contributed by atoms with Crippen LogP contribution in [-0.4, -0.2) is 16.0 Å². The zero-order valence-electron chi connectivity index (χ0n) is 14.2. The number of phenols is 1. The number of hydrogen-bond donors (Lipinski definition) is 2. The van der Waals surface area contributed by atoms with Gasteiger partial charge in [0.1, 0.15) is 17.3 Å². The van der Waals surface area contributed by atoms with Crippen molar-refractivity contribution in [1.82, 2.24) is 10.3 Å². The molecular formula is C20H15F3N2O2. The summed E-state index contributed by atoms with van der Waals surface area (Å²) in [6.07, 6.45) is 0. The first-order chi connectivity index (χ1) is 12.8. The summed E-state index contributed by atoms with van der Waals surface area (Å²) >= 11 is 0. The van der Waals surface area contributed by atoms with Crippen molar-refractivity contribution in [3.63, 3.8) is 0 Å². The maximum absolute atomic E-state index is 13.7. The van der Waals surface area contributed by atoms with Crippen molar-refractivity contribution in [2.45, 2.75) is 13.0 Å². The molecule has 1 unspecified atom stereocenters. The van der Waals surface area contributed by atoms with Crippen LogP contribution in [0.1, 0.15) is 33.4 Å². The number of aryl methyl sites for hydroxylation is 1. The summed E-state index contributed by atoms with van der Waals surface area (Å²) in [5, 5.41) is 12.7. The minimum atomic E-state index is -1.13. The Balaban J connectivity index is 2.05. The van der Waals surface area contributed by atoms with Crippen LogP contribution in [0, 0.1) is 24.4 Å². The first kappa shape index (κ1) is 18.4. The number of rotatable bonds is 4. The summed E-state index contributed by atoms with van der Waals surface area (Å²) in [6.45, 7) is 1.71. The predicted octanol–water partition coefficient (Wildman–Crippen LogP) is 4.03. The van der Waals surface area contributed by atoms with Crippen molar-refractivity contribution in [2.24, 2.45) is 0 Å². The average molecular weight is 372 g/mol. The van der Waals surface area contributed by atoms with E-state index in [4.69, 9.17) is 0 Å². The van der Waals surface area contributed by atoms with Gasteiger partial charge in [-0.1, -0.05) is 12.1 Å². The smallest absolute Gasteiger partial charge is 0.270 e. The van der Waals surface area contributed by atoms with Gasteiger partial charge in [0, 0.05) is 11.3 Å². The van der Waals surface area contributed by atoms with Gasteiger partial charge >= 0.3 is 0 Å². The molecule has 3 rings (SSSR count). The van der Waals surface area contributed by atoms with E-state index in [1.807, 2.05) is 0 Å². The maximum Gasteiger partial charge on any atom is 0.270 e. The van der Waals surface area contributed by atoms with Crippen molar-refractivity contribution in [3.05, 3.63) is 94.6 Å². The van der Waals surface area contributed by atoms with Crippen LogP contribution in [-0.2, 0) is 0 Å². The van der Waals surface area contributed by atoms with Crippen LogP contribution in [0.5, 0.6) is 5.75 Å². The number of carbonyl (C=O) groups is 1. The Morgan fingerprint density at radius 2 is 1.81 bits per heavy atom. The second kappa shape index (κ2) is 7.49. The van der Waals surface area contributed by atoms with Gasteiger partial charge in [0.15, 0.2) is 11.6 Å². The van der Waals surface area contributed by atoms with E-state index in [9.17, 15) is 23.1 Å². The minimum absolute atomic E-state index is 0.00186. The van der Waals surface area contributed by atoms with Gasteiger partial charge in [-0.25, -0.2) is 18.2 Å². The molecule has 2 N–H and O–H groups in total. The van der Waals surface area contributed by atoms with Gasteiger partial charge in [0.05, 0.1) is 6.04 Å². The van der Waals surface area contributed by atoms with Gasteiger partial charge in [-0.2, -0.15) is 0 Å². The number of aromatic nitrogens is 1. The van der Waals surface area contributed by atoms with Crippen molar-refractivity contribution < 1.29 is 23.1 Å². The Bertz CT molecular complexity index is 1010. The van der Waals surface area contributed by atoms with Gasteiger partial charge in [-0.15, -0.1) is 0 Å². The zero-order chi connectivity index (χ0) is 19.6. The summed E-state index contributed by atoms with van der Waals surface area (Å²) in [7, 11) is 0. The van der Waals surface area contributed by atoms with Crippen LogP contribution in [0.15, 0.2) is 54.6 Å². The normalized spacial score (nSPS) is 11.9. The average Bonchev–Trinajstić information content (AvgIpc) is 2.64. The number of hydrogen-bond acceptors (Lipinski definition) is 3. The molecule has 138 valence electrons. The summed E-state index contributed by atoms with van der Waals surface area (Å²) in [6, 6.07) is 9.93. The maximum atomic E-state index is 13.7. The molecule has 3 aromatic rings. The van der Waals surface area contributed by atoms with E-state index in [-0.39, 0.29) is 22.6 Å². The highest BCUT2D eigenvalue weighted by Crippen LogP contribution is 2.31. The number of carbonyl (C=O) groups excluding carboxylic acids is 1. The molecule has 0 fully saturated rings. The predicted molar refractivity (Wildman–Crippen MR) is 92.7 cm³/mol. The summed E-state index contributed by atoms with van der Waals surface area (Å²) in [5.41, 5.74) is 0.844. The van der Waals surface area contributed by atoms with Crippen LogP contribution in [0.4, 0.5) is 13.2 Å². The van der Waals surface area contributed by atoms with Gasteiger partial charge < -0.3 is 10.4 Å². The SMILES string of the molecule is Cc1cccc(C(=O)NC(c2ccc(F)c(F)c2)c2cc(F)ccc2O)n1. The lowest BCUT2D eigenvalue weighted by molar-refractivity contribution is 0.0937. The Labute approximate surface area is 153 Å². The molecule has 27 heavy (non-hydrogen) atoms. The van der Waals surface area contributed by atoms with Gasteiger partial charge in [0.25, 0.3) is 5.91 Å². The van der Waals surface area contributed by atoms with Crippen LogP contribution in [0.25, 0.3) is 0 Å². The highest BCUT2D eigenvalue weighted by atomic mass is 19.2. The molecule has 0 bridgehead atoms. The van der Waals surface area contributed by atoms with E-state index in [1.165, 1.54) is 12.1 Å². The molecule has 1 heterocycles. The van der Waals surface area contributed by atoms with Crippen molar-refractivity contribution in [1.29, 1.82) is 0 Å². The lowest BCUT2D eigenvalue weighted by Crippen LogP contribution is -2.30. The third kappa shape index (κ3) is 4.08. The minimum Gasteiger partial charge on any atom is -0.508 e. The van der Waals surface area contributed by atoms with Crippen LogP contribution in [0.3, 0.4) is 0 Å². The Morgan fingerprint density at radius 3 is 2.52 bits per heavy atom. The van der Waals surface area contributed by atoms with E-state index in [0.29, 0.717) is 5.69 Å². The molecule has 0 radical (unpaired) electrons. The van der Waals surface area contributed by atoms with Crippen molar-refractivity contribution in [3.8, 4) is 5.75 Å². The van der Waals surface area contributed by atoms with Gasteiger partial charge in [0.2, 0.25) is 0 Å². The second-order valence-electron chi connectivity index (χ2n) is 5.95. The zero-order valence-corrected chi connectivity index (χ0v) is 14.2. The number of nitrogens with zero attached hydrogens (tertiary/aromatic N) is 1. The standard InChI is InChI=1S/C20H15F3N2O2/c1-11-3-2-4-17(24-11)20(27)25-19(12-5-7-15(22)16(23)9-12)14-10-13(21)6-8-18(14)26/h2-10,19,26H,1H3,(H,25,27). The number of halogens is 3. The fourth-order valence-electron chi connectivity index (χ4n) is 2.66. The van der Waals surface area contributed by atoms with Crippen LogP contribution >= 0.6 is 0 Å². The molecule has 0 saturated heterocycles. The molecule has 7 heteroatoms. The highest BCUT2D eigenvalue weighted by molar-refractivity contribution is 5.92. The van der Waals surface area contributed by atoms with E-state index in [2.05, 4.69) is 10.3 Å². The molecule has 0 spiro atoms. The molecule has 1 atom stereocenters. The first-order valence-electron chi connectivity index (χ1n) is 8.03. The molecule has 0 aliphatic heterocycles. The van der Waals surface area contributed by atoms with Crippen LogP contribution < -0.4 is 5.32 Å². The summed E-state index contributed by atoms with van der Waals surface area (Å²) < 4.78 is 40.7. The fraction of sp³-hybridized carbons (Fsp3) is 0.100. The van der Waals surface area contributed by atoms with E-state index in [1.54, 1.807) is 19.1 Å². The quantitative estimate of drug-likeness (QED) is 0.727. The number of pyridine rings is 1. The summed E-state index contributed by atoms with van der Waals surface area (Å²) in [5.74, 6) is -3.76. The van der Waals surface area contributed by atoms with E-state index >= 15 is 0 Å².